The third-order valence-corrected chi connectivity index (χ3v) is 4.08. The zero-order valence-electron chi connectivity index (χ0n) is 12.1. The van der Waals surface area contributed by atoms with E-state index in [1.807, 2.05) is 31.2 Å². The number of nitrogens with one attached hydrogen (secondary N) is 1. The highest BCUT2D eigenvalue weighted by molar-refractivity contribution is 6.53. The lowest BCUT2D eigenvalue weighted by Gasteiger charge is -2.15. The number of hydrogen-bond donors (Lipinski definition) is 1. The minimum Gasteiger partial charge on any atom is -0.349 e. The molecule has 1 aliphatic rings. The second-order valence-electron chi connectivity index (χ2n) is 5.05. The molecule has 0 atom stereocenters. The van der Waals surface area contributed by atoms with Crippen LogP contribution in [0.3, 0.4) is 0 Å². The molecule has 2 aromatic rings. The second-order valence-corrected chi connectivity index (χ2v) is 5.87. The number of amides is 2. The van der Waals surface area contributed by atoms with Crippen LogP contribution in [0.1, 0.15) is 5.56 Å². The summed E-state index contributed by atoms with van der Waals surface area (Å²) in [6, 6.07) is 13.9. The van der Waals surface area contributed by atoms with Crippen molar-refractivity contribution in [2.45, 2.75) is 6.92 Å². The maximum absolute atomic E-state index is 12.6. The van der Waals surface area contributed by atoms with Crippen LogP contribution in [0.5, 0.6) is 0 Å². The Balaban J connectivity index is 1.95. The first-order valence-corrected chi connectivity index (χ1v) is 7.61. The van der Waals surface area contributed by atoms with Crippen LogP contribution < -0.4 is 10.2 Å². The van der Waals surface area contributed by atoms with Crippen molar-refractivity contribution in [3.8, 4) is 0 Å². The molecule has 2 aromatic carbocycles. The molecule has 6 heteroatoms. The Hall–Kier alpha value is -2.30. The van der Waals surface area contributed by atoms with Gasteiger partial charge in [0.2, 0.25) is 0 Å². The predicted molar refractivity (Wildman–Crippen MR) is 91.6 cm³/mol. The smallest absolute Gasteiger partial charge is 0.283 e. The minimum atomic E-state index is -0.574. The molecule has 0 spiro atoms. The van der Waals surface area contributed by atoms with Gasteiger partial charge in [0.15, 0.2) is 0 Å². The molecular formula is C17H12Cl2N2O2. The lowest BCUT2D eigenvalue weighted by Crippen LogP contribution is -2.32. The largest absolute Gasteiger partial charge is 0.349 e. The summed E-state index contributed by atoms with van der Waals surface area (Å²) in [7, 11) is 0. The van der Waals surface area contributed by atoms with E-state index in [-0.39, 0.29) is 10.7 Å². The number of aryl methyl sites for hydroxylation is 1. The molecular weight excluding hydrogens is 335 g/mol. The van der Waals surface area contributed by atoms with Gasteiger partial charge < -0.3 is 5.32 Å². The Morgan fingerprint density at radius 1 is 0.957 bits per heavy atom. The molecule has 0 fully saturated rings. The topological polar surface area (TPSA) is 49.4 Å². The standard InChI is InChI=1S/C17H12Cl2N2O2/c1-10-5-2-3-8-13(10)20-15-14(19)16(22)21(17(15)23)12-7-4-6-11(18)9-12/h2-9,20H,1H3. The molecule has 0 radical (unpaired) electrons. The SMILES string of the molecule is Cc1ccccc1NC1=C(Cl)C(=O)N(c2cccc(Cl)c2)C1=O. The Morgan fingerprint density at radius 2 is 1.70 bits per heavy atom. The summed E-state index contributed by atoms with van der Waals surface area (Å²) in [6.45, 7) is 1.90. The van der Waals surface area contributed by atoms with E-state index in [0.29, 0.717) is 10.7 Å². The lowest BCUT2D eigenvalue weighted by atomic mass is 10.2. The highest BCUT2D eigenvalue weighted by atomic mass is 35.5. The maximum Gasteiger partial charge on any atom is 0.283 e. The molecule has 2 amide bonds. The van der Waals surface area contributed by atoms with E-state index in [0.717, 1.165) is 16.2 Å². The third-order valence-electron chi connectivity index (χ3n) is 3.50. The lowest BCUT2D eigenvalue weighted by molar-refractivity contribution is -0.120. The van der Waals surface area contributed by atoms with E-state index in [9.17, 15) is 9.59 Å². The first kappa shape index (κ1) is 15.6. The van der Waals surface area contributed by atoms with Crippen LogP contribution in [0.4, 0.5) is 11.4 Å². The zero-order chi connectivity index (χ0) is 16.6. The Labute approximate surface area is 143 Å². The molecule has 1 heterocycles. The fourth-order valence-electron chi connectivity index (χ4n) is 2.31. The first-order valence-electron chi connectivity index (χ1n) is 6.86. The van der Waals surface area contributed by atoms with E-state index in [4.69, 9.17) is 23.2 Å². The maximum atomic E-state index is 12.6. The summed E-state index contributed by atoms with van der Waals surface area (Å²) in [4.78, 5) is 26.0. The summed E-state index contributed by atoms with van der Waals surface area (Å²) < 4.78 is 0. The van der Waals surface area contributed by atoms with Crippen molar-refractivity contribution >= 4 is 46.4 Å². The number of imide groups is 1. The van der Waals surface area contributed by atoms with Crippen molar-refractivity contribution in [2.75, 3.05) is 10.2 Å². The summed E-state index contributed by atoms with van der Waals surface area (Å²) in [5.41, 5.74) is 2.10. The van der Waals surface area contributed by atoms with Gasteiger partial charge in [0, 0.05) is 10.7 Å². The second kappa shape index (κ2) is 6.07. The van der Waals surface area contributed by atoms with Gasteiger partial charge in [0.1, 0.15) is 10.7 Å². The number of nitrogens with zero attached hydrogens (tertiary/aromatic N) is 1. The van der Waals surface area contributed by atoms with Crippen molar-refractivity contribution in [1.29, 1.82) is 0 Å². The fourth-order valence-corrected chi connectivity index (χ4v) is 2.71. The molecule has 4 nitrogen and oxygen atoms in total. The average Bonchev–Trinajstić information content (AvgIpc) is 2.73. The average molecular weight is 347 g/mol. The molecule has 0 aromatic heterocycles. The molecule has 0 aliphatic carbocycles. The Morgan fingerprint density at radius 3 is 2.39 bits per heavy atom. The van der Waals surface area contributed by atoms with Gasteiger partial charge in [-0.3, -0.25) is 9.59 Å². The summed E-state index contributed by atoms with van der Waals surface area (Å²) in [5.74, 6) is -1.08. The molecule has 1 N–H and O–H groups in total. The molecule has 23 heavy (non-hydrogen) atoms. The van der Waals surface area contributed by atoms with Gasteiger partial charge in [-0.25, -0.2) is 4.90 Å². The Bertz CT molecular complexity index is 846. The summed E-state index contributed by atoms with van der Waals surface area (Å²) in [6.07, 6.45) is 0. The number of carbonyl (C=O) groups is 2. The number of anilines is 2. The normalized spacial score (nSPS) is 14.7. The predicted octanol–water partition coefficient (Wildman–Crippen LogP) is 4.08. The van der Waals surface area contributed by atoms with Gasteiger partial charge in [-0.1, -0.05) is 47.5 Å². The highest BCUT2D eigenvalue weighted by Gasteiger charge is 2.39. The van der Waals surface area contributed by atoms with Crippen LogP contribution in [0, 0.1) is 6.92 Å². The van der Waals surface area contributed by atoms with Crippen molar-refractivity contribution in [3.05, 3.63) is 69.8 Å². The first-order chi connectivity index (χ1) is 11.0. The number of benzene rings is 2. The fraction of sp³-hybridized carbons (Fsp3) is 0.0588. The van der Waals surface area contributed by atoms with Crippen molar-refractivity contribution in [2.24, 2.45) is 0 Å². The number of halogens is 2. The molecule has 3 rings (SSSR count). The molecule has 0 bridgehead atoms. The quantitative estimate of drug-likeness (QED) is 0.851. The van der Waals surface area contributed by atoms with Crippen LogP contribution in [-0.4, -0.2) is 11.8 Å². The molecule has 0 saturated carbocycles. The monoisotopic (exact) mass is 346 g/mol. The summed E-state index contributed by atoms with van der Waals surface area (Å²) in [5, 5.41) is 3.25. The number of para-hydroxylation sites is 1. The van der Waals surface area contributed by atoms with Crippen LogP contribution in [0.25, 0.3) is 0 Å². The van der Waals surface area contributed by atoms with Crippen molar-refractivity contribution in [3.63, 3.8) is 0 Å². The minimum absolute atomic E-state index is 0.0611. The zero-order valence-corrected chi connectivity index (χ0v) is 13.7. The molecule has 1 aliphatic heterocycles. The number of hydrogen-bond acceptors (Lipinski definition) is 3. The Kier molecular flexibility index (Phi) is 4.11. The summed E-state index contributed by atoms with van der Waals surface area (Å²) >= 11 is 12.0. The van der Waals surface area contributed by atoms with E-state index in [2.05, 4.69) is 5.32 Å². The van der Waals surface area contributed by atoms with Crippen LogP contribution >= 0.6 is 23.2 Å². The van der Waals surface area contributed by atoms with E-state index in [1.165, 1.54) is 6.07 Å². The van der Waals surface area contributed by atoms with Crippen LogP contribution in [0.2, 0.25) is 5.02 Å². The highest BCUT2D eigenvalue weighted by Crippen LogP contribution is 2.31. The molecule has 116 valence electrons. The molecule has 0 unspecified atom stereocenters. The van der Waals surface area contributed by atoms with Gasteiger partial charge in [-0.05, 0) is 36.8 Å². The van der Waals surface area contributed by atoms with E-state index < -0.39 is 11.8 Å². The van der Waals surface area contributed by atoms with Crippen molar-refractivity contribution < 1.29 is 9.59 Å². The van der Waals surface area contributed by atoms with Crippen LogP contribution in [-0.2, 0) is 9.59 Å². The van der Waals surface area contributed by atoms with Crippen molar-refractivity contribution in [1.82, 2.24) is 0 Å². The van der Waals surface area contributed by atoms with Gasteiger partial charge in [0.25, 0.3) is 11.8 Å². The van der Waals surface area contributed by atoms with Crippen LogP contribution in [0.15, 0.2) is 59.3 Å². The van der Waals surface area contributed by atoms with E-state index >= 15 is 0 Å². The van der Waals surface area contributed by atoms with Gasteiger partial charge in [-0.15, -0.1) is 0 Å². The van der Waals surface area contributed by atoms with E-state index in [1.54, 1.807) is 18.2 Å². The van der Waals surface area contributed by atoms with Gasteiger partial charge >= 0.3 is 0 Å². The number of carbonyl (C=O) groups excluding carboxylic acids is 2. The molecule has 0 saturated heterocycles. The third kappa shape index (κ3) is 2.83. The van der Waals surface area contributed by atoms with Gasteiger partial charge in [-0.2, -0.15) is 0 Å². The number of rotatable bonds is 3. The van der Waals surface area contributed by atoms with Gasteiger partial charge in [0.05, 0.1) is 5.69 Å².